The van der Waals surface area contributed by atoms with Crippen LogP contribution in [-0.2, 0) is 0 Å². The summed E-state index contributed by atoms with van der Waals surface area (Å²) in [5, 5.41) is 0. The van der Waals surface area contributed by atoms with Crippen LogP contribution in [0.4, 0.5) is 0 Å². The lowest BCUT2D eigenvalue weighted by Gasteiger charge is -1.82. The molecule has 9 heavy (non-hydrogen) atoms. The van der Waals surface area contributed by atoms with Gasteiger partial charge >= 0.3 is 6.33 Å². The molecule has 2 heterocycles. The molecule has 0 spiro atoms. The Bertz CT molecular complexity index is 282. The highest BCUT2D eigenvalue weighted by Crippen LogP contribution is 1.76. The Balaban J connectivity index is 2.95. The van der Waals surface area contributed by atoms with E-state index in [1.165, 1.54) is 0 Å². The number of hydrogen-bond acceptors (Lipinski definition) is 1. The fourth-order valence-corrected chi connectivity index (χ4v) is 0.792. The highest BCUT2D eigenvalue weighted by Gasteiger charge is 1.92. The third-order valence-electron chi connectivity index (χ3n) is 1.23. The first kappa shape index (κ1) is 4.49. The van der Waals surface area contributed by atoms with E-state index in [4.69, 9.17) is 0 Å². The van der Waals surface area contributed by atoms with Crippen LogP contribution in [0.15, 0.2) is 37.2 Å². The normalized spacial score (nSPS) is 10.2. The maximum absolute atomic E-state index is 3.93. The van der Waals surface area contributed by atoms with E-state index in [1.54, 1.807) is 12.7 Å². The van der Waals surface area contributed by atoms with Crippen molar-refractivity contribution in [2.24, 2.45) is 0 Å². The molecule has 0 saturated carbocycles. The minimum atomic E-state index is 1.75. The summed E-state index contributed by atoms with van der Waals surface area (Å²) in [6, 6.07) is 3.92. The van der Waals surface area contributed by atoms with E-state index in [1.807, 2.05) is 33.6 Å². The zero-order valence-electron chi connectivity index (χ0n) is 4.81. The largest absolute Gasteiger partial charge is 0.311 e. The average molecular weight is 120 g/mol. The summed E-state index contributed by atoms with van der Waals surface area (Å²) in [5.41, 5.74) is 0. The first-order chi connectivity index (χ1) is 4.47. The monoisotopic (exact) mass is 120 g/mol. The van der Waals surface area contributed by atoms with Gasteiger partial charge in [-0.25, -0.2) is 0 Å². The Kier molecular flexibility index (Phi) is 0.773. The summed E-state index contributed by atoms with van der Waals surface area (Å²) < 4.78 is 3.78. The fourth-order valence-electron chi connectivity index (χ4n) is 0.792. The topological polar surface area (TPSA) is 21.4 Å². The zero-order valence-corrected chi connectivity index (χ0v) is 4.81. The van der Waals surface area contributed by atoms with Gasteiger partial charge in [-0.2, -0.15) is 4.52 Å². The highest BCUT2D eigenvalue weighted by atomic mass is 15.3. The first-order valence-electron chi connectivity index (χ1n) is 2.75. The fraction of sp³-hybridized carbons (Fsp3) is 0. The van der Waals surface area contributed by atoms with Crippen LogP contribution in [-0.4, -0.2) is 9.50 Å². The molecular formula is C6H6N3+. The molecule has 0 bridgehead atoms. The molecule has 2 aromatic rings. The molecule has 0 amide bonds. The van der Waals surface area contributed by atoms with E-state index in [2.05, 4.69) is 4.98 Å². The van der Waals surface area contributed by atoms with Crippen LogP contribution in [0, 0.1) is 0 Å². The minimum absolute atomic E-state index is 1.75. The molecule has 3 nitrogen and oxygen atoms in total. The summed E-state index contributed by atoms with van der Waals surface area (Å²) >= 11 is 0. The van der Waals surface area contributed by atoms with Crippen molar-refractivity contribution in [2.75, 3.05) is 0 Å². The van der Waals surface area contributed by atoms with E-state index in [9.17, 15) is 0 Å². The van der Waals surface area contributed by atoms with Crippen molar-refractivity contribution < 1.29 is 4.52 Å². The van der Waals surface area contributed by atoms with Crippen molar-refractivity contribution in [3.63, 3.8) is 0 Å². The first-order valence-corrected chi connectivity index (χ1v) is 2.75. The van der Waals surface area contributed by atoms with E-state index in [-0.39, 0.29) is 0 Å². The Morgan fingerprint density at radius 2 is 2.33 bits per heavy atom. The smallest absolute Gasteiger partial charge is 0.150 e. The number of hydrogen-bond donors (Lipinski definition) is 0. The Morgan fingerprint density at radius 1 is 1.33 bits per heavy atom. The lowest BCUT2D eigenvalue weighted by Crippen LogP contribution is -2.25. The molecule has 0 aliphatic heterocycles. The number of rotatable bonds is 0. The molecule has 44 valence electrons. The summed E-state index contributed by atoms with van der Waals surface area (Å²) in [6.07, 6.45) is 7.38. The number of nitrogens with zero attached hydrogens (tertiary/aromatic N) is 3. The van der Waals surface area contributed by atoms with Crippen molar-refractivity contribution >= 4 is 0 Å². The molecule has 0 N–H and O–H groups in total. The van der Waals surface area contributed by atoms with E-state index in [0.29, 0.717) is 0 Å². The predicted octanol–water partition coefficient (Wildman–Crippen LogP) is -0.0802. The second kappa shape index (κ2) is 1.55. The van der Waals surface area contributed by atoms with Gasteiger partial charge in [-0.15, -0.1) is 4.52 Å². The van der Waals surface area contributed by atoms with Gasteiger partial charge in [0.15, 0.2) is 0 Å². The molecule has 0 aliphatic rings. The van der Waals surface area contributed by atoms with E-state index < -0.39 is 0 Å². The summed E-state index contributed by atoms with van der Waals surface area (Å²) in [4.78, 5) is 3.93. The number of fused-ring (bicyclic) bond motifs is 1. The van der Waals surface area contributed by atoms with Crippen LogP contribution in [0.2, 0.25) is 0 Å². The van der Waals surface area contributed by atoms with Gasteiger partial charge in [-0.1, -0.05) is 0 Å². The second-order valence-electron chi connectivity index (χ2n) is 1.82. The molecule has 0 saturated heterocycles. The Labute approximate surface area is 52.2 Å². The maximum Gasteiger partial charge on any atom is 0.311 e. The molecule has 2 rings (SSSR count). The lowest BCUT2D eigenvalue weighted by atomic mass is 10.6. The van der Waals surface area contributed by atoms with Gasteiger partial charge in [-0.05, 0) is 17.1 Å². The van der Waals surface area contributed by atoms with E-state index in [0.717, 1.165) is 0 Å². The SMILES string of the molecule is c1cc[n+]2cncn2c1. The number of aromatic nitrogens is 3. The Hall–Kier alpha value is -1.38. The van der Waals surface area contributed by atoms with Crippen molar-refractivity contribution in [3.8, 4) is 0 Å². The van der Waals surface area contributed by atoms with E-state index >= 15 is 0 Å². The second-order valence-corrected chi connectivity index (χ2v) is 1.82. The van der Waals surface area contributed by atoms with Gasteiger partial charge in [0, 0.05) is 0 Å². The molecule has 2 aromatic heterocycles. The Morgan fingerprint density at radius 3 is 3.22 bits per heavy atom. The van der Waals surface area contributed by atoms with Gasteiger partial charge in [0.25, 0.3) is 0 Å². The average Bonchev–Trinajstić information content (AvgIpc) is 2.33. The van der Waals surface area contributed by atoms with Gasteiger partial charge in [-0.3, -0.25) is 0 Å². The van der Waals surface area contributed by atoms with Gasteiger partial charge in [0.05, 0.1) is 6.20 Å². The predicted molar refractivity (Wildman–Crippen MR) is 30.8 cm³/mol. The molecule has 3 heteroatoms. The van der Waals surface area contributed by atoms with Crippen molar-refractivity contribution in [1.82, 2.24) is 9.50 Å². The minimum Gasteiger partial charge on any atom is -0.150 e. The molecular weight excluding hydrogens is 114 g/mol. The molecule has 0 aliphatic carbocycles. The molecule has 0 atom stereocenters. The quantitative estimate of drug-likeness (QED) is 0.445. The van der Waals surface area contributed by atoms with Crippen LogP contribution >= 0.6 is 0 Å². The van der Waals surface area contributed by atoms with Crippen LogP contribution < -0.4 is 4.52 Å². The molecule has 0 radical (unpaired) electrons. The van der Waals surface area contributed by atoms with Crippen LogP contribution in [0.1, 0.15) is 0 Å². The van der Waals surface area contributed by atoms with Crippen LogP contribution in [0.3, 0.4) is 0 Å². The zero-order chi connectivity index (χ0) is 6.10. The third kappa shape index (κ3) is 0.579. The third-order valence-corrected chi connectivity index (χ3v) is 1.23. The molecule has 0 unspecified atom stereocenters. The molecule has 0 fully saturated rings. The van der Waals surface area contributed by atoms with Crippen molar-refractivity contribution in [1.29, 1.82) is 0 Å². The van der Waals surface area contributed by atoms with Crippen molar-refractivity contribution in [3.05, 3.63) is 37.2 Å². The van der Waals surface area contributed by atoms with Crippen LogP contribution in [0.5, 0.6) is 0 Å². The van der Waals surface area contributed by atoms with Crippen molar-refractivity contribution in [2.45, 2.75) is 0 Å². The van der Waals surface area contributed by atoms with Gasteiger partial charge < -0.3 is 0 Å². The molecule has 0 aromatic carbocycles. The summed E-state index contributed by atoms with van der Waals surface area (Å²) in [7, 11) is 0. The summed E-state index contributed by atoms with van der Waals surface area (Å²) in [5.74, 6) is 0. The van der Waals surface area contributed by atoms with Gasteiger partial charge in [0.2, 0.25) is 6.33 Å². The highest BCUT2D eigenvalue weighted by molar-refractivity contribution is 4.79. The van der Waals surface area contributed by atoms with Crippen LogP contribution in [0.25, 0.3) is 0 Å². The lowest BCUT2D eigenvalue weighted by molar-refractivity contribution is -0.619. The standard InChI is InChI=1S/C6H6N3/c1-2-4-9-6-7-5-8(9)3-1/h1-6H/q+1. The summed E-state index contributed by atoms with van der Waals surface area (Å²) in [6.45, 7) is 0. The van der Waals surface area contributed by atoms with Gasteiger partial charge in [0.1, 0.15) is 6.20 Å². The maximum atomic E-state index is 3.93.